The van der Waals surface area contributed by atoms with E-state index in [4.69, 9.17) is 4.74 Å². The van der Waals surface area contributed by atoms with Gasteiger partial charge in [0, 0.05) is 48.8 Å². The first kappa shape index (κ1) is 23.1. The SMILES string of the molecule is CNC(=O)C(O)(CCC=O)N1Cc2c(NCc3cccc(OC)c3F)cc(F)cc2C1=O. The molecule has 1 heterocycles. The number of aldehydes is 1. The first-order valence-corrected chi connectivity index (χ1v) is 9.84. The molecular weight excluding hydrogens is 424 g/mol. The predicted molar refractivity (Wildman–Crippen MR) is 111 cm³/mol. The van der Waals surface area contributed by atoms with Gasteiger partial charge in [0.25, 0.3) is 11.8 Å². The van der Waals surface area contributed by atoms with Crippen molar-refractivity contribution in [1.29, 1.82) is 0 Å². The van der Waals surface area contributed by atoms with Gasteiger partial charge in [0.2, 0.25) is 5.72 Å². The zero-order valence-corrected chi connectivity index (χ0v) is 17.6. The molecule has 0 fully saturated rings. The summed E-state index contributed by atoms with van der Waals surface area (Å²) in [5.41, 5.74) is -1.51. The number of hydrogen-bond donors (Lipinski definition) is 3. The molecule has 0 aliphatic carbocycles. The summed E-state index contributed by atoms with van der Waals surface area (Å²) in [5.74, 6) is -2.86. The number of fused-ring (bicyclic) bond motifs is 1. The molecule has 2 aromatic carbocycles. The number of benzene rings is 2. The number of nitrogens with one attached hydrogen (secondary N) is 2. The molecule has 1 aliphatic heterocycles. The van der Waals surface area contributed by atoms with Gasteiger partial charge in [-0.15, -0.1) is 0 Å². The van der Waals surface area contributed by atoms with Gasteiger partial charge in [-0.2, -0.15) is 0 Å². The number of anilines is 1. The van der Waals surface area contributed by atoms with E-state index in [9.17, 15) is 28.3 Å². The van der Waals surface area contributed by atoms with E-state index in [-0.39, 0.29) is 48.5 Å². The monoisotopic (exact) mass is 447 g/mol. The zero-order chi connectivity index (χ0) is 23.5. The van der Waals surface area contributed by atoms with Crippen molar-refractivity contribution in [3.05, 3.63) is 58.7 Å². The smallest absolute Gasteiger partial charge is 0.273 e. The van der Waals surface area contributed by atoms with Crippen LogP contribution in [0.25, 0.3) is 0 Å². The molecule has 0 spiro atoms. The summed E-state index contributed by atoms with van der Waals surface area (Å²) in [5, 5.41) is 16.2. The number of carbonyl (C=O) groups excluding carboxylic acids is 3. The average molecular weight is 447 g/mol. The third kappa shape index (κ3) is 4.13. The van der Waals surface area contributed by atoms with Crippen LogP contribution in [-0.4, -0.2) is 48.0 Å². The van der Waals surface area contributed by atoms with Crippen molar-refractivity contribution in [3.63, 3.8) is 0 Å². The van der Waals surface area contributed by atoms with Crippen molar-refractivity contribution < 1.29 is 33.0 Å². The standard InChI is InChI=1S/C22H23F2N3O5/c1-25-21(30)22(31,7-4-8-28)27-12-16-15(20(27)29)9-14(23)10-17(16)26-11-13-5-3-6-18(32-2)19(13)24/h3,5-6,8-10,26,31H,4,7,11-12H2,1-2H3,(H,25,30). The molecule has 3 rings (SSSR count). The number of methoxy groups -OCH3 is 1. The fourth-order valence-electron chi connectivity index (χ4n) is 3.70. The number of likely N-dealkylation sites (N-methyl/N-ethyl adjacent to an activating group) is 1. The molecule has 8 nitrogen and oxygen atoms in total. The lowest BCUT2D eigenvalue weighted by Crippen LogP contribution is -2.58. The van der Waals surface area contributed by atoms with E-state index in [1.807, 2.05) is 0 Å². The number of aliphatic hydroxyl groups is 1. The van der Waals surface area contributed by atoms with Crippen molar-refractivity contribution >= 4 is 23.8 Å². The Morgan fingerprint density at radius 1 is 1.34 bits per heavy atom. The van der Waals surface area contributed by atoms with Crippen LogP contribution in [-0.2, 0) is 22.7 Å². The molecule has 3 N–H and O–H groups in total. The topological polar surface area (TPSA) is 108 Å². The van der Waals surface area contributed by atoms with Crippen molar-refractivity contribution in [2.75, 3.05) is 19.5 Å². The van der Waals surface area contributed by atoms with Crippen LogP contribution in [0.15, 0.2) is 30.3 Å². The molecule has 0 radical (unpaired) electrons. The van der Waals surface area contributed by atoms with Crippen LogP contribution in [0.4, 0.5) is 14.5 Å². The number of ether oxygens (including phenoxy) is 1. The van der Waals surface area contributed by atoms with E-state index >= 15 is 0 Å². The lowest BCUT2D eigenvalue weighted by atomic mass is 10.0. The number of rotatable bonds is 9. The number of hydrogen-bond acceptors (Lipinski definition) is 6. The predicted octanol–water partition coefficient (Wildman–Crippen LogP) is 1.95. The summed E-state index contributed by atoms with van der Waals surface area (Å²) >= 11 is 0. The van der Waals surface area contributed by atoms with Gasteiger partial charge in [-0.25, -0.2) is 8.78 Å². The second-order valence-electron chi connectivity index (χ2n) is 7.26. The summed E-state index contributed by atoms with van der Waals surface area (Å²) in [4.78, 5) is 37.1. The van der Waals surface area contributed by atoms with E-state index in [2.05, 4.69) is 10.6 Å². The average Bonchev–Trinajstić information content (AvgIpc) is 3.12. The van der Waals surface area contributed by atoms with Gasteiger partial charge in [0.15, 0.2) is 11.6 Å². The Labute approximate surface area is 183 Å². The summed E-state index contributed by atoms with van der Waals surface area (Å²) in [6.07, 6.45) is 0.0335. The third-order valence-electron chi connectivity index (χ3n) is 5.39. The highest BCUT2D eigenvalue weighted by Gasteiger charge is 2.48. The van der Waals surface area contributed by atoms with E-state index in [0.29, 0.717) is 11.8 Å². The van der Waals surface area contributed by atoms with Gasteiger partial charge in [-0.3, -0.25) is 14.5 Å². The molecule has 1 unspecified atom stereocenters. The highest BCUT2D eigenvalue weighted by molar-refractivity contribution is 6.03. The summed E-state index contributed by atoms with van der Waals surface area (Å²) in [7, 11) is 2.63. The molecule has 32 heavy (non-hydrogen) atoms. The molecule has 10 heteroatoms. The van der Waals surface area contributed by atoms with Gasteiger partial charge < -0.3 is 25.3 Å². The largest absolute Gasteiger partial charge is 0.494 e. The number of halogens is 2. The van der Waals surface area contributed by atoms with Crippen LogP contribution in [0, 0.1) is 11.6 Å². The number of nitrogens with zero attached hydrogens (tertiary/aromatic N) is 1. The van der Waals surface area contributed by atoms with Gasteiger partial charge in [-0.05, 0) is 18.2 Å². The minimum absolute atomic E-state index is 0.0298. The lowest BCUT2D eigenvalue weighted by molar-refractivity contribution is -0.159. The summed E-state index contributed by atoms with van der Waals surface area (Å²) in [6.45, 7) is -0.238. The van der Waals surface area contributed by atoms with E-state index in [0.717, 1.165) is 17.0 Å². The number of amides is 2. The minimum atomic E-state index is -2.29. The Balaban J connectivity index is 1.93. The Morgan fingerprint density at radius 2 is 2.09 bits per heavy atom. The Hall–Kier alpha value is -3.53. The quantitative estimate of drug-likeness (QED) is 0.508. The first-order chi connectivity index (χ1) is 15.3. The fourth-order valence-corrected chi connectivity index (χ4v) is 3.70. The van der Waals surface area contributed by atoms with Crippen LogP contribution in [0.2, 0.25) is 0 Å². The van der Waals surface area contributed by atoms with Gasteiger partial charge >= 0.3 is 0 Å². The van der Waals surface area contributed by atoms with Gasteiger partial charge in [0.1, 0.15) is 12.1 Å². The van der Waals surface area contributed by atoms with Crippen LogP contribution < -0.4 is 15.4 Å². The minimum Gasteiger partial charge on any atom is -0.494 e. The maximum atomic E-state index is 14.4. The summed E-state index contributed by atoms with van der Waals surface area (Å²) in [6, 6.07) is 6.77. The Morgan fingerprint density at radius 3 is 2.75 bits per heavy atom. The second kappa shape index (κ2) is 9.31. The molecule has 1 atom stereocenters. The van der Waals surface area contributed by atoms with Gasteiger partial charge in [-0.1, -0.05) is 12.1 Å². The maximum Gasteiger partial charge on any atom is 0.273 e. The third-order valence-corrected chi connectivity index (χ3v) is 5.39. The fraction of sp³-hybridized carbons (Fsp3) is 0.318. The highest BCUT2D eigenvalue weighted by atomic mass is 19.1. The van der Waals surface area contributed by atoms with Crippen LogP contribution in [0.3, 0.4) is 0 Å². The van der Waals surface area contributed by atoms with E-state index < -0.39 is 29.2 Å². The maximum absolute atomic E-state index is 14.4. The molecule has 0 saturated carbocycles. The highest BCUT2D eigenvalue weighted by Crippen LogP contribution is 2.36. The van der Waals surface area contributed by atoms with Crippen molar-refractivity contribution in [3.8, 4) is 5.75 Å². The van der Waals surface area contributed by atoms with Crippen molar-refractivity contribution in [2.24, 2.45) is 0 Å². The van der Waals surface area contributed by atoms with Crippen LogP contribution >= 0.6 is 0 Å². The second-order valence-corrected chi connectivity index (χ2v) is 7.26. The molecule has 170 valence electrons. The molecule has 0 saturated heterocycles. The molecule has 0 bridgehead atoms. The summed E-state index contributed by atoms with van der Waals surface area (Å²) < 4.78 is 33.7. The molecule has 2 amide bonds. The molecule has 0 aromatic heterocycles. The molecule has 2 aromatic rings. The number of carbonyl (C=O) groups is 3. The Kier molecular flexibility index (Phi) is 6.73. The van der Waals surface area contributed by atoms with Crippen LogP contribution in [0.1, 0.15) is 34.3 Å². The zero-order valence-electron chi connectivity index (χ0n) is 17.6. The molecular formula is C22H23F2N3O5. The van der Waals surface area contributed by atoms with E-state index in [1.165, 1.54) is 26.3 Å². The van der Waals surface area contributed by atoms with Gasteiger partial charge in [0.05, 0.1) is 13.7 Å². The molecule has 1 aliphatic rings. The lowest BCUT2D eigenvalue weighted by Gasteiger charge is -2.34. The Bertz CT molecular complexity index is 1060. The normalized spacial score (nSPS) is 14.5. The van der Waals surface area contributed by atoms with E-state index in [1.54, 1.807) is 6.07 Å². The van der Waals surface area contributed by atoms with Crippen molar-refractivity contribution in [1.82, 2.24) is 10.2 Å². The van der Waals surface area contributed by atoms with Crippen molar-refractivity contribution in [2.45, 2.75) is 31.7 Å². The van der Waals surface area contributed by atoms with Crippen LogP contribution in [0.5, 0.6) is 5.75 Å². The first-order valence-electron chi connectivity index (χ1n) is 9.84.